The molecule has 2 aromatic rings. The zero-order valence-electron chi connectivity index (χ0n) is 15.8. The van der Waals surface area contributed by atoms with Crippen LogP contribution in [0.1, 0.15) is 36.5 Å². The molecule has 0 radical (unpaired) electrons. The second kappa shape index (κ2) is 9.54. The first-order chi connectivity index (χ1) is 12.7. The number of hydrogen-bond donors (Lipinski definition) is 1. The van der Waals surface area contributed by atoms with Crippen molar-refractivity contribution in [3.63, 3.8) is 0 Å². The Morgan fingerprint density at radius 1 is 1.23 bits per heavy atom. The molecule has 0 aliphatic carbocycles. The van der Waals surface area contributed by atoms with Gasteiger partial charge < -0.3 is 10.1 Å². The fraction of sp³-hybridized carbons (Fsp3) is 0.455. The number of benzene rings is 2. The molecule has 1 unspecified atom stereocenters. The summed E-state index contributed by atoms with van der Waals surface area (Å²) in [7, 11) is 0. The van der Waals surface area contributed by atoms with Crippen LogP contribution in [0.2, 0.25) is 0 Å². The molecule has 0 bridgehead atoms. The van der Waals surface area contributed by atoms with E-state index in [0.29, 0.717) is 12.6 Å². The van der Waals surface area contributed by atoms with Crippen LogP contribution in [-0.4, -0.2) is 30.6 Å². The van der Waals surface area contributed by atoms with Crippen molar-refractivity contribution in [2.75, 3.05) is 19.6 Å². The standard InChI is InChI=1S/C22H29BrN2O/c1-3-25-11-5-8-21(25)15-24-14-19-13-20(23)9-10-22(19)26-16-18-7-4-6-17(2)12-18/h4,6-7,9-10,12-13,21,24H,3,5,8,11,14-16H2,1-2H3. The van der Waals surface area contributed by atoms with Crippen molar-refractivity contribution in [1.82, 2.24) is 10.2 Å². The summed E-state index contributed by atoms with van der Waals surface area (Å²) in [5, 5.41) is 3.64. The number of likely N-dealkylation sites (N-methyl/N-ethyl adjacent to an activating group) is 1. The van der Waals surface area contributed by atoms with Gasteiger partial charge in [0.05, 0.1) is 0 Å². The van der Waals surface area contributed by atoms with Crippen molar-refractivity contribution in [2.45, 2.75) is 45.9 Å². The van der Waals surface area contributed by atoms with Gasteiger partial charge in [-0.1, -0.05) is 52.7 Å². The van der Waals surface area contributed by atoms with Crippen LogP contribution in [0.5, 0.6) is 5.75 Å². The number of aryl methyl sites for hydroxylation is 1. The number of rotatable bonds is 8. The van der Waals surface area contributed by atoms with Crippen LogP contribution in [0.4, 0.5) is 0 Å². The predicted octanol–water partition coefficient (Wildman–Crippen LogP) is 4.91. The van der Waals surface area contributed by atoms with E-state index in [4.69, 9.17) is 4.74 Å². The molecule has 3 rings (SSSR count). The lowest BCUT2D eigenvalue weighted by Crippen LogP contribution is -2.37. The van der Waals surface area contributed by atoms with Gasteiger partial charge in [-0.3, -0.25) is 4.90 Å². The van der Waals surface area contributed by atoms with E-state index in [9.17, 15) is 0 Å². The number of nitrogens with one attached hydrogen (secondary N) is 1. The van der Waals surface area contributed by atoms with Gasteiger partial charge in [0, 0.05) is 29.2 Å². The molecule has 1 fully saturated rings. The summed E-state index contributed by atoms with van der Waals surface area (Å²) in [5.41, 5.74) is 3.67. The third kappa shape index (κ3) is 5.32. The fourth-order valence-electron chi connectivity index (χ4n) is 3.71. The Bertz CT molecular complexity index is 719. The van der Waals surface area contributed by atoms with Crippen molar-refractivity contribution in [2.24, 2.45) is 0 Å². The topological polar surface area (TPSA) is 24.5 Å². The molecule has 1 saturated heterocycles. The zero-order chi connectivity index (χ0) is 18.4. The molecule has 0 aromatic heterocycles. The van der Waals surface area contributed by atoms with Gasteiger partial charge in [-0.05, 0) is 56.6 Å². The third-order valence-electron chi connectivity index (χ3n) is 5.10. The lowest BCUT2D eigenvalue weighted by Gasteiger charge is -2.23. The molecule has 0 spiro atoms. The van der Waals surface area contributed by atoms with Crippen LogP contribution < -0.4 is 10.1 Å². The molecule has 140 valence electrons. The molecule has 26 heavy (non-hydrogen) atoms. The second-order valence-corrected chi connectivity index (χ2v) is 8.00. The van der Waals surface area contributed by atoms with Gasteiger partial charge in [0.1, 0.15) is 12.4 Å². The first kappa shape index (κ1) is 19.4. The Kier molecular flexibility index (Phi) is 7.12. The van der Waals surface area contributed by atoms with Gasteiger partial charge in [0.25, 0.3) is 0 Å². The lowest BCUT2D eigenvalue weighted by atomic mass is 10.1. The third-order valence-corrected chi connectivity index (χ3v) is 5.59. The molecule has 0 saturated carbocycles. The van der Waals surface area contributed by atoms with Crippen LogP contribution in [0.15, 0.2) is 46.9 Å². The molecule has 1 atom stereocenters. The molecule has 3 nitrogen and oxygen atoms in total. The van der Waals surface area contributed by atoms with Crippen molar-refractivity contribution in [3.05, 3.63) is 63.6 Å². The highest BCUT2D eigenvalue weighted by atomic mass is 79.9. The molecular formula is C22H29BrN2O. The van der Waals surface area contributed by atoms with Gasteiger partial charge >= 0.3 is 0 Å². The number of hydrogen-bond acceptors (Lipinski definition) is 3. The first-order valence-corrected chi connectivity index (χ1v) is 10.4. The van der Waals surface area contributed by atoms with Gasteiger partial charge in [-0.15, -0.1) is 0 Å². The van der Waals surface area contributed by atoms with Gasteiger partial charge in [-0.2, -0.15) is 0 Å². The maximum absolute atomic E-state index is 6.13. The lowest BCUT2D eigenvalue weighted by molar-refractivity contribution is 0.259. The minimum Gasteiger partial charge on any atom is -0.489 e. The highest BCUT2D eigenvalue weighted by Gasteiger charge is 2.22. The van der Waals surface area contributed by atoms with Crippen molar-refractivity contribution < 1.29 is 4.74 Å². The summed E-state index contributed by atoms with van der Waals surface area (Å²) in [6.07, 6.45) is 2.62. The fourth-order valence-corrected chi connectivity index (χ4v) is 4.11. The van der Waals surface area contributed by atoms with Gasteiger partial charge in [0.15, 0.2) is 0 Å². The maximum Gasteiger partial charge on any atom is 0.124 e. The van der Waals surface area contributed by atoms with E-state index in [1.807, 2.05) is 6.07 Å². The number of nitrogens with zero attached hydrogens (tertiary/aromatic N) is 1. The minimum atomic E-state index is 0.600. The van der Waals surface area contributed by atoms with E-state index in [2.05, 4.69) is 76.4 Å². The monoisotopic (exact) mass is 416 g/mol. The average molecular weight is 417 g/mol. The summed E-state index contributed by atoms with van der Waals surface area (Å²) >= 11 is 3.59. The van der Waals surface area contributed by atoms with E-state index in [1.54, 1.807) is 0 Å². The largest absolute Gasteiger partial charge is 0.489 e. The molecule has 1 aliphatic rings. The molecule has 1 N–H and O–H groups in total. The van der Waals surface area contributed by atoms with Crippen molar-refractivity contribution >= 4 is 15.9 Å². The molecule has 1 aliphatic heterocycles. The highest BCUT2D eigenvalue weighted by molar-refractivity contribution is 9.10. The minimum absolute atomic E-state index is 0.600. The van der Waals surface area contributed by atoms with Gasteiger partial charge in [-0.25, -0.2) is 0 Å². The molecule has 2 aromatic carbocycles. The molecule has 0 amide bonds. The van der Waals surface area contributed by atoms with Gasteiger partial charge in [0.2, 0.25) is 0 Å². The normalized spacial score (nSPS) is 17.6. The summed E-state index contributed by atoms with van der Waals surface area (Å²) in [6.45, 7) is 9.22. The number of likely N-dealkylation sites (tertiary alicyclic amines) is 1. The predicted molar refractivity (Wildman–Crippen MR) is 112 cm³/mol. The van der Waals surface area contributed by atoms with Crippen LogP contribution in [0, 0.1) is 6.92 Å². The van der Waals surface area contributed by atoms with Crippen LogP contribution in [-0.2, 0) is 13.2 Å². The molecular weight excluding hydrogens is 388 g/mol. The molecule has 1 heterocycles. The van der Waals surface area contributed by atoms with E-state index >= 15 is 0 Å². The SMILES string of the molecule is CCN1CCCC1CNCc1cc(Br)ccc1OCc1cccc(C)c1. The summed E-state index contributed by atoms with van der Waals surface area (Å²) in [4.78, 5) is 2.57. The smallest absolute Gasteiger partial charge is 0.124 e. The Morgan fingerprint density at radius 2 is 2.12 bits per heavy atom. The van der Waals surface area contributed by atoms with Crippen molar-refractivity contribution in [3.8, 4) is 5.75 Å². The van der Waals surface area contributed by atoms with E-state index in [0.717, 1.165) is 29.9 Å². The van der Waals surface area contributed by atoms with E-state index in [-0.39, 0.29) is 0 Å². The summed E-state index contributed by atoms with van der Waals surface area (Å²) in [5.74, 6) is 0.959. The Labute approximate surface area is 165 Å². The Morgan fingerprint density at radius 3 is 2.92 bits per heavy atom. The number of ether oxygens (including phenoxy) is 1. The average Bonchev–Trinajstić information content (AvgIpc) is 3.08. The Balaban J connectivity index is 1.58. The summed E-state index contributed by atoms with van der Waals surface area (Å²) < 4.78 is 7.22. The van der Waals surface area contributed by atoms with E-state index < -0.39 is 0 Å². The highest BCUT2D eigenvalue weighted by Crippen LogP contribution is 2.24. The van der Waals surface area contributed by atoms with Crippen LogP contribution in [0.25, 0.3) is 0 Å². The maximum atomic E-state index is 6.13. The van der Waals surface area contributed by atoms with E-state index in [1.165, 1.54) is 36.1 Å². The van der Waals surface area contributed by atoms with Crippen LogP contribution >= 0.6 is 15.9 Å². The van der Waals surface area contributed by atoms with Crippen molar-refractivity contribution in [1.29, 1.82) is 0 Å². The summed E-state index contributed by atoms with van der Waals surface area (Å²) in [6, 6.07) is 15.4. The first-order valence-electron chi connectivity index (χ1n) is 9.57. The quantitative estimate of drug-likeness (QED) is 0.661. The number of halogens is 1. The second-order valence-electron chi connectivity index (χ2n) is 7.09. The zero-order valence-corrected chi connectivity index (χ0v) is 17.4. The molecule has 4 heteroatoms. The Hall–Kier alpha value is -1.36. The van der Waals surface area contributed by atoms with Crippen LogP contribution in [0.3, 0.4) is 0 Å².